The molecule has 132 valence electrons. The summed E-state index contributed by atoms with van der Waals surface area (Å²) in [7, 11) is 0. The Morgan fingerprint density at radius 1 is 1.23 bits per heavy atom. The molecule has 0 fully saturated rings. The molecule has 0 bridgehead atoms. The standard InChI is InChI=1S/C18H13ClN2O5/c1-11-2-3-13(8-16(11)21(23)24)18(22)25-10-15-9-17(26-20-15)12-4-6-14(19)7-5-12/h2-9H,10H2,1H3. The van der Waals surface area contributed by atoms with Crippen LogP contribution in [0.5, 0.6) is 0 Å². The number of esters is 1. The van der Waals surface area contributed by atoms with Crippen molar-refractivity contribution in [3.05, 3.63) is 80.5 Å². The SMILES string of the molecule is Cc1ccc(C(=O)OCc2cc(-c3ccc(Cl)cc3)on2)cc1[N+](=O)[O-]. The van der Waals surface area contributed by atoms with Crippen molar-refractivity contribution in [1.82, 2.24) is 5.16 Å². The number of hydrogen-bond acceptors (Lipinski definition) is 6. The molecule has 0 radical (unpaired) electrons. The average Bonchev–Trinajstić information content (AvgIpc) is 3.09. The molecule has 0 atom stereocenters. The summed E-state index contributed by atoms with van der Waals surface area (Å²) in [4.78, 5) is 22.5. The number of hydrogen-bond donors (Lipinski definition) is 0. The highest BCUT2D eigenvalue weighted by atomic mass is 35.5. The van der Waals surface area contributed by atoms with Gasteiger partial charge in [0.15, 0.2) is 5.76 Å². The van der Waals surface area contributed by atoms with Crippen molar-refractivity contribution in [2.75, 3.05) is 0 Å². The van der Waals surface area contributed by atoms with Crippen molar-refractivity contribution >= 4 is 23.3 Å². The first-order valence-corrected chi connectivity index (χ1v) is 7.95. The van der Waals surface area contributed by atoms with Crippen LogP contribution in [0.25, 0.3) is 11.3 Å². The van der Waals surface area contributed by atoms with E-state index in [9.17, 15) is 14.9 Å². The van der Waals surface area contributed by atoms with Gasteiger partial charge in [-0.15, -0.1) is 0 Å². The lowest BCUT2D eigenvalue weighted by Crippen LogP contribution is -2.06. The summed E-state index contributed by atoms with van der Waals surface area (Å²) < 4.78 is 10.4. The molecular weight excluding hydrogens is 360 g/mol. The van der Waals surface area contributed by atoms with Gasteiger partial charge in [-0.2, -0.15) is 0 Å². The molecule has 0 saturated carbocycles. The number of aryl methyl sites for hydroxylation is 1. The Balaban J connectivity index is 1.68. The number of nitro groups is 1. The van der Waals surface area contributed by atoms with Gasteiger partial charge in [0, 0.05) is 28.3 Å². The molecule has 0 aliphatic heterocycles. The van der Waals surface area contributed by atoms with Crippen LogP contribution in [0.15, 0.2) is 53.1 Å². The number of ether oxygens (including phenoxy) is 1. The fraction of sp³-hybridized carbons (Fsp3) is 0.111. The maximum Gasteiger partial charge on any atom is 0.338 e. The van der Waals surface area contributed by atoms with E-state index in [0.717, 1.165) is 5.56 Å². The molecule has 0 spiro atoms. The Morgan fingerprint density at radius 3 is 2.65 bits per heavy atom. The normalized spacial score (nSPS) is 10.5. The van der Waals surface area contributed by atoms with Crippen molar-refractivity contribution < 1.29 is 19.0 Å². The van der Waals surface area contributed by atoms with Crippen LogP contribution in [-0.4, -0.2) is 16.0 Å². The van der Waals surface area contributed by atoms with Gasteiger partial charge in [0.2, 0.25) is 0 Å². The highest BCUT2D eigenvalue weighted by molar-refractivity contribution is 6.30. The third-order valence-electron chi connectivity index (χ3n) is 3.68. The van der Waals surface area contributed by atoms with Crippen molar-refractivity contribution in [2.45, 2.75) is 13.5 Å². The van der Waals surface area contributed by atoms with Crippen LogP contribution in [0.4, 0.5) is 5.69 Å². The van der Waals surface area contributed by atoms with Crippen molar-refractivity contribution in [2.24, 2.45) is 0 Å². The summed E-state index contributed by atoms with van der Waals surface area (Å²) >= 11 is 5.84. The van der Waals surface area contributed by atoms with E-state index in [4.69, 9.17) is 20.9 Å². The monoisotopic (exact) mass is 372 g/mol. The lowest BCUT2D eigenvalue weighted by Gasteiger charge is -2.03. The Labute approximate surface area is 153 Å². The van der Waals surface area contributed by atoms with E-state index in [0.29, 0.717) is 22.0 Å². The Morgan fingerprint density at radius 2 is 1.96 bits per heavy atom. The zero-order chi connectivity index (χ0) is 18.7. The molecule has 0 N–H and O–H groups in total. The number of rotatable bonds is 5. The predicted octanol–water partition coefficient (Wildman–Crippen LogP) is 4.57. The van der Waals surface area contributed by atoms with Gasteiger partial charge >= 0.3 is 5.97 Å². The lowest BCUT2D eigenvalue weighted by molar-refractivity contribution is -0.385. The number of benzene rings is 2. The summed E-state index contributed by atoms with van der Waals surface area (Å²) in [5.41, 5.74) is 1.64. The van der Waals surface area contributed by atoms with Gasteiger partial charge in [-0.25, -0.2) is 4.79 Å². The largest absolute Gasteiger partial charge is 0.455 e. The van der Waals surface area contributed by atoms with E-state index in [-0.39, 0.29) is 17.9 Å². The topological polar surface area (TPSA) is 95.5 Å². The quantitative estimate of drug-likeness (QED) is 0.370. The summed E-state index contributed by atoms with van der Waals surface area (Å²) in [5.74, 6) is -0.164. The molecule has 0 amide bonds. The van der Waals surface area contributed by atoms with Gasteiger partial charge < -0.3 is 9.26 Å². The predicted molar refractivity (Wildman–Crippen MR) is 93.9 cm³/mol. The zero-order valence-corrected chi connectivity index (χ0v) is 14.4. The van der Waals surface area contributed by atoms with Crippen LogP contribution in [0.1, 0.15) is 21.6 Å². The van der Waals surface area contributed by atoms with Crippen LogP contribution < -0.4 is 0 Å². The molecule has 0 aliphatic rings. The molecule has 1 aromatic heterocycles. The van der Waals surface area contributed by atoms with Crippen LogP contribution in [0, 0.1) is 17.0 Å². The number of aromatic nitrogens is 1. The second kappa shape index (κ2) is 7.37. The Kier molecular flexibility index (Phi) is 4.99. The number of carbonyl (C=O) groups is 1. The number of nitrogens with zero attached hydrogens (tertiary/aromatic N) is 2. The lowest BCUT2D eigenvalue weighted by atomic mass is 10.1. The van der Waals surface area contributed by atoms with Crippen LogP contribution in [0.3, 0.4) is 0 Å². The highest BCUT2D eigenvalue weighted by Crippen LogP contribution is 2.23. The summed E-state index contributed by atoms with van der Waals surface area (Å²) in [6.45, 7) is 1.48. The van der Waals surface area contributed by atoms with Crippen LogP contribution in [-0.2, 0) is 11.3 Å². The van der Waals surface area contributed by atoms with Crippen molar-refractivity contribution in [1.29, 1.82) is 0 Å². The first-order valence-electron chi connectivity index (χ1n) is 7.58. The average molecular weight is 373 g/mol. The van der Waals surface area contributed by atoms with Crippen molar-refractivity contribution in [3.8, 4) is 11.3 Å². The van der Waals surface area contributed by atoms with Gasteiger partial charge in [-0.1, -0.05) is 22.8 Å². The zero-order valence-electron chi connectivity index (χ0n) is 13.6. The smallest absolute Gasteiger partial charge is 0.338 e. The Bertz CT molecular complexity index is 966. The van der Waals surface area contributed by atoms with Gasteiger partial charge in [0.1, 0.15) is 12.3 Å². The second-order valence-electron chi connectivity index (χ2n) is 5.52. The summed E-state index contributed by atoms with van der Waals surface area (Å²) in [6, 6.07) is 12.8. The van der Waals surface area contributed by atoms with E-state index >= 15 is 0 Å². The van der Waals surface area contributed by atoms with Gasteiger partial charge in [0.05, 0.1) is 10.5 Å². The fourth-order valence-electron chi connectivity index (χ4n) is 2.29. The third-order valence-corrected chi connectivity index (χ3v) is 3.93. The van der Waals surface area contributed by atoms with E-state index in [1.165, 1.54) is 18.2 Å². The molecule has 7 nitrogen and oxygen atoms in total. The summed E-state index contributed by atoms with van der Waals surface area (Å²) in [5, 5.41) is 15.4. The van der Waals surface area contributed by atoms with Gasteiger partial charge in [-0.05, 0) is 37.3 Å². The molecule has 3 rings (SSSR count). The maximum atomic E-state index is 12.1. The molecule has 3 aromatic rings. The van der Waals surface area contributed by atoms with Crippen LogP contribution >= 0.6 is 11.6 Å². The maximum absolute atomic E-state index is 12.1. The minimum Gasteiger partial charge on any atom is -0.455 e. The first-order chi connectivity index (χ1) is 12.4. The summed E-state index contributed by atoms with van der Waals surface area (Å²) in [6.07, 6.45) is 0. The minimum atomic E-state index is -0.677. The fourth-order valence-corrected chi connectivity index (χ4v) is 2.41. The number of halogens is 1. The molecule has 0 aliphatic carbocycles. The van der Waals surface area contributed by atoms with E-state index in [2.05, 4.69) is 5.16 Å². The molecule has 1 heterocycles. The molecule has 26 heavy (non-hydrogen) atoms. The number of carbonyl (C=O) groups excluding carboxylic acids is 1. The Hall–Kier alpha value is -3.19. The van der Waals surface area contributed by atoms with E-state index in [1.807, 2.05) is 0 Å². The van der Waals surface area contributed by atoms with Crippen molar-refractivity contribution in [3.63, 3.8) is 0 Å². The minimum absolute atomic E-state index is 0.101. The molecule has 0 unspecified atom stereocenters. The molecule has 8 heteroatoms. The van der Waals surface area contributed by atoms with E-state index in [1.54, 1.807) is 37.3 Å². The van der Waals surface area contributed by atoms with E-state index < -0.39 is 10.9 Å². The molecular formula is C18H13ClN2O5. The number of nitro benzene ring substituents is 1. The molecule has 2 aromatic carbocycles. The third kappa shape index (κ3) is 3.89. The van der Waals surface area contributed by atoms with Gasteiger partial charge in [-0.3, -0.25) is 10.1 Å². The highest BCUT2D eigenvalue weighted by Gasteiger charge is 2.16. The van der Waals surface area contributed by atoms with Crippen LogP contribution in [0.2, 0.25) is 5.02 Å². The van der Waals surface area contributed by atoms with Gasteiger partial charge in [0.25, 0.3) is 5.69 Å². The molecule has 0 saturated heterocycles. The first kappa shape index (κ1) is 17.6. The second-order valence-corrected chi connectivity index (χ2v) is 5.96.